The highest BCUT2D eigenvalue weighted by Gasteiger charge is 2.19. The van der Waals surface area contributed by atoms with E-state index in [4.69, 9.17) is 0 Å². The van der Waals surface area contributed by atoms with Crippen molar-refractivity contribution in [2.75, 3.05) is 51.2 Å². The van der Waals surface area contributed by atoms with Crippen molar-refractivity contribution in [3.8, 4) is 0 Å². The van der Waals surface area contributed by atoms with Crippen LogP contribution in [0.2, 0.25) is 0 Å². The number of aliphatic hydroxyl groups is 1. The third-order valence-corrected chi connectivity index (χ3v) is 4.71. The number of nitrogens with one attached hydrogen (secondary N) is 2. The van der Waals surface area contributed by atoms with E-state index in [1.165, 1.54) is 17.7 Å². The van der Waals surface area contributed by atoms with Crippen LogP contribution < -0.4 is 10.6 Å². The first-order valence-electron chi connectivity index (χ1n) is 8.47. The number of rotatable bonds is 5. The van der Waals surface area contributed by atoms with Crippen molar-refractivity contribution in [2.45, 2.75) is 25.7 Å². The van der Waals surface area contributed by atoms with E-state index in [9.17, 15) is 5.11 Å². The van der Waals surface area contributed by atoms with Crippen LogP contribution >= 0.6 is 0 Å². The van der Waals surface area contributed by atoms with Gasteiger partial charge >= 0.3 is 0 Å². The number of aromatic nitrogens is 2. The molecular weight excluding hydrogens is 278 g/mol. The van der Waals surface area contributed by atoms with Crippen LogP contribution in [-0.4, -0.2) is 65.8 Å². The fraction of sp³-hybridized carbons (Fsp3) is 0.750. The molecule has 3 rings (SSSR count). The Morgan fingerprint density at radius 2 is 2.23 bits per heavy atom. The third-order valence-electron chi connectivity index (χ3n) is 4.71. The summed E-state index contributed by atoms with van der Waals surface area (Å²) in [6, 6.07) is 0. The maximum atomic E-state index is 9.31. The second-order valence-electron chi connectivity index (χ2n) is 6.32. The zero-order chi connectivity index (χ0) is 15.2. The number of hydrogen-bond donors (Lipinski definition) is 3. The fourth-order valence-corrected chi connectivity index (χ4v) is 3.46. The molecule has 0 aromatic carbocycles. The molecule has 22 heavy (non-hydrogen) atoms. The molecule has 1 atom stereocenters. The molecule has 0 saturated carbocycles. The molecule has 122 valence electrons. The summed E-state index contributed by atoms with van der Waals surface area (Å²) < 4.78 is 0. The average molecular weight is 305 g/mol. The summed E-state index contributed by atoms with van der Waals surface area (Å²) in [7, 11) is 0. The first-order valence-corrected chi connectivity index (χ1v) is 8.47. The number of aliphatic hydroxyl groups excluding tert-OH is 1. The predicted molar refractivity (Wildman–Crippen MR) is 87.0 cm³/mol. The Balaban J connectivity index is 1.53. The molecule has 3 heterocycles. The van der Waals surface area contributed by atoms with Gasteiger partial charge in [-0.1, -0.05) is 0 Å². The van der Waals surface area contributed by atoms with E-state index in [0.29, 0.717) is 12.5 Å². The van der Waals surface area contributed by atoms with E-state index in [-0.39, 0.29) is 0 Å². The molecule has 3 N–H and O–H groups in total. The lowest BCUT2D eigenvalue weighted by molar-refractivity contribution is 0.123. The zero-order valence-corrected chi connectivity index (χ0v) is 13.2. The van der Waals surface area contributed by atoms with E-state index in [2.05, 4.69) is 25.5 Å². The molecule has 2 aliphatic heterocycles. The van der Waals surface area contributed by atoms with Crippen LogP contribution in [0.15, 0.2) is 6.33 Å². The number of nitrogens with zero attached hydrogens (tertiary/aromatic N) is 3. The van der Waals surface area contributed by atoms with E-state index in [1.54, 1.807) is 6.33 Å². The Bertz CT molecular complexity index is 482. The van der Waals surface area contributed by atoms with Crippen LogP contribution in [0.1, 0.15) is 24.1 Å². The van der Waals surface area contributed by atoms with Crippen molar-refractivity contribution >= 4 is 5.82 Å². The van der Waals surface area contributed by atoms with Gasteiger partial charge in [0.25, 0.3) is 0 Å². The maximum absolute atomic E-state index is 9.31. The van der Waals surface area contributed by atoms with Crippen LogP contribution in [0.5, 0.6) is 0 Å². The number of likely N-dealkylation sites (tertiary alicyclic amines) is 1. The molecule has 1 fully saturated rings. The second kappa shape index (κ2) is 7.85. The van der Waals surface area contributed by atoms with Crippen LogP contribution in [0.25, 0.3) is 0 Å². The lowest BCUT2D eigenvalue weighted by Crippen LogP contribution is -2.39. The van der Waals surface area contributed by atoms with Gasteiger partial charge in [-0.3, -0.25) is 0 Å². The summed E-state index contributed by atoms with van der Waals surface area (Å²) in [5.41, 5.74) is 2.46. The third kappa shape index (κ3) is 3.94. The van der Waals surface area contributed by atoms with Crippen LogP contribution in [0.3, 0.4) is 0 Å². The van der Waals surface area contributed by atoms with Gasteiger partial charge in [-0.05, 0) is 38.3 Å². The summed E-state index contributed by atoms with van der Waals surface area (Å²) in [6.07, 6.45) is 6.01. The molecule has 6 heteroatoms. The van der Waals surface area contributed by atoms with Gasteiger partial charge in [0.1, 0.15) is 12.1 Å². The molecular formula is C16H27N5O. The van der Waals surface area contributed by atoms with Crippen molar-refractivity contribution in [3.63, 3.8) is 0 Å². The summed E-state index contributed by atoms with van der Waals surface area (Å²) in [6.45, 7) is 6.38. The fourth-order valence-electron chi connectivity index (χ4n) is 3.46. The van der Waals surface area contributed by atoms with Gasteiger partial charge in [0.05, 0.1) is 5.69 Å². The van der Waals surface area contributed by atoms with Gasteiger partial charge in [0, 0.05) is 44.8 Å². The molecule has 0 spiro atoms. The van der Waals surface area contributed by atoms with Crippen molar-refractivity contribution in [1.82, 2.24) is 20.2 Å². The Morgan fingerprint density at radius 3 is 3.14 bits per heavy atom. The lowest BCUT2D eigenvalue weighted by atomic mass is 9.99. The van der Waals surface area contributed by atoms with Crippen molar-refractivity contribution < 1.29 is 5.11 Å². The van der Waals surface area contributed by atoms with E-state index >= 15 is 0 Å². The molecule has 0 radical (unpaired) electrons. The number of anilines is 1. The van der Waals surface area contributed by atoms with Crippen molar-refractivity contribution in [1.29, 1.82) is 0 Å². The summed E-state index contributed by atoms with van der Waals surface area (Å²) in [5, 5.41) is 16.2. The van der Waals surface area contributed by atoms with Gasteiger partial charge in [-0.15, -0.1) is 0 Å². The van der Waals surface area contributed by atoms with Gasteiger partial charge < -0.3 is 20.6 Å². The number of fused-ring (bicyclic) bond motifs is 1. The second-order valence-corrected chi connectivity index (χ2v) is 6.32. The number of piperidine rings is 1. The molecule has 1 unspecified atom stereocenters. The summed E-state index contributed by atoms with van der Waals surface area (Å²) in [5.74, 6) is 1.46. The zero-order valence-electron chi connectivity index (χ0n) is 13.2. The topological polar surface area (TPSA) is 73.3 Å². The Morgan fingerprint density at radius 1 is 1.32 bits per heavy atom. The Labute approximate surface area is 132 Å². The molecule has 2 aliphatic rings. The average Bonchev–Trinajstić information content (AvgIpc) is 2.81. The molecule has 1 aromatic rings. The molecule has 1 saturated heterocycles. The monoisotopic (exact) mass is 305 g/mol. The standard InChI is InChI=1S/C16H27N5O/c22-11-13-2-1-8-21(10-13)9-7-18-16-14-3-5-17-6-4-15(14)19-12-20-16/h12-13,17,22H,1-11H2,(H,18,19,20). The first-order chi connectivity index (χ1) is 10.9. The van der Waals surface area contributed by atoms with E-state index in [1.807, 2.05) is 0 Å². The minimum atomic E-state index is 0.316. The van der Waals surface area contributed by atoms with Crippen LogP contribution in [-0.2, 0) is 12.8 Å². The van der Waals surface area contributed by atoms with Gasteiger partial charge in [0.2, 0.25) is 0 Å². The molecule has 0 aliphatic carbocycles. The summed E-state index contributed by atoms with van der Waals surface area (Å²) in [4.78, 5) is 11.3. The van der Waals surface area contributed by atoms with Gasteiger partial charge in [0.15, 0.2) is 0 Å². The summed E-state index contributed by atoms with van der Waals surface area (Å²) >= 11 is 0. The quantitative estimate of drug-likeness (QED) is 0.726. The number of hydrogen-bond acceptors (Lipinski definition) is 6. The largest absolute Gasteiger partial charge is 0.396 e. The van der Waals surface area contributed by atoms with E-state index in [0.717, 1.165) is 64.3 Å². The van der Waals surface area contributed by atoms with Gasteiger partial charge in [-0.2, -0.15) is 0 Å². The molecule has 0 bridgehead atoms. The van der Waals surface area contributed by atoms with Crippen LogP contribution in [0, 0.1) is 5.92 Å². The van der Waals surface area contributed by atoms with Crippen molar-refractivity contribution in [3.05, 3.63) is 17.6 Å². The Hall–Kier alpha value is -1.24. The molecule has 1 aromatic heterocycles. The molecule has 6 nitrogen and oxygen atoms in total. The maximum Gasteiger partial charge on any atom is 0.132 e. The SMILES string of the molecule is OCC1CCCN(CCNc2ncnc3c2CCNCC3)C1. The normalized spacial score (nSPS) is 22.9. The highest BCUT2D eigenvalue weighted by Crippen LogP contribution is 2.18. The minimum absolute atomic E-state index is 0.316. The Kier molecular flexibility index (Phi) is 5.58. The highest BCUT2D eigenvalue weighted by molar-refractivity contribution is 5.46. The molecule has 0 amide bonds. The van der Waals surface area contributed by atoms with Crippen molar-refractivity contribution in [2.24, 2.45) is 5.92 Å². The minimum Gasteiger partial charge on any atom is -0.396 e. The van der Waals surface area contributed by atoms with Gasteiger partial charge in [-0.25, -0.2) is 9.97 Å². The highest BCUT2D eigenvalue weighted by atomic mass is 16.3. The van der Waals surface area contributed by atoms with Crippen LogP contribution in [0.4, 0.5) is 5.82 Å². The smallest absolute Gasteiger partial charge is 0.132 e. The first kappa shape index (κ1) is 15.6. The predicted octanol–water partition coefficient (Wildman–Crippen LogP) is 0.281. The van der Waals surface area contributed by atoms with E-state index < -0.39 is 0 Å². The lowest BCUT2D eigenvalue weighted by Gasteiger charge is -2.31.